The van der Waals surface area contributed by atoms with Gasteiger partial charge in [0.15, 0.2) is 0 Å². The highest BCUT2D eigenvalue weighted by molar-refractivity contribution is 8.32. The number of carbonyl (C=O) groups is 1. The molecule has 0 atom stereocenters. The average molecular weight is 179 g/mol. The van der Waals surface area contributed by atoms with Crippen molar-refractivity contribution in [1.29, 1.82) is 0 Å². The average Bonchev–Trinajstić information content (AvgIpc) is 1.87. The zero-order valence-corrected chi connectivity index (χ0v) is 7.46. The lowest BCUT2D eigenvalue weighted by molar-refractivity contribution is -0.113. The van der Waals surface area contributed by atoms with Gasteiger partial charge in [0.1, 0.15) is 10.9 Å². The van der Waals surface area contributed by atoms with Crippen LogP contribution < -0.4 is 0 Å². The molecule has 0 saturated heterocycles. The highest BCUT2D eigenvalue weighted by Crippen LogP contribution is 2.06. The van der Waals surface area contributed by atoms with E-state index in [1.165, 1.54) is 0 Å². The van der Waals surface area contributed by atoms with Gasteiger partial charge >= 0.3 is 0 Å². The third kappa shape index (κ3) is 3.81. The summed E-state index contributed by atoms with van der Waals surface area (Å²) in [5, 5.41) is 8.00. The summed E-state index contributed by atoms with van der Waals surface area (Å²) in [5.41, 5.74) is 0. The number of rotatable bonds is 1. The summed E-state index contributed by atoms with van der Waals surface area (Å²) < 4.78 is 0.471. The van der Waals surface area contributed by atoms with E-state index in [1.807, 2.05) is 0 Å². The maximum Gasteiger partial charge on any atom is 0.221 e. The Labute approximate surface area is 69.4 Å². The summed E-state index contributed by atoms with van der Waals surface area (Å²) in [6.45, 7) is -0.460. The van der Waals surface area contributed by atoms with Gasteiger partial charge in [-0.15, -0.1) is 0 Å². The molecule has 0 aliphatic heterocycles. The van der Waals surface area contributed by atoms with Gasteiger partial charge in [-0.3, -0.25) is 4.79 Å². The summed E-state index contributed by atoms with van der Waals surface area (Å²) in [5.74, 6) is 0. The molecule has 0 fully saturated rings. The predicted octanol–water partition coefficient (Wildman–Crippen LogP) is 0.0850. The number of hydrogen-bond donors (Lipinski definition) is 1. The molecule has 0 aromatic rings. The molecule has 0 aromatic heterocycles. The predicted molar refractivity (Wildman–Crippen MR) is 46.0 cm³/mol. The molecular formula is C5H9NO2S2. The Morgan fingerprint density at radius 3 is 2.50 bits per heavy atom. The third-order valence-electron chi connectivity index (χ3n) is 0.695. The van der Waals surface area contributed by atoms with Crippen molar-refractivity contribution in [3.05, 3.63) is 0 Å². The zero-order chi connectivity index (χ0) is 8.15. The summed E-state index contributed by atoms with van der Waals surface area (Å²) in [6, 6.07) is 0. The van der Waals surface area contributed by atoms with Crippen LogP contribution in [0.25, 0.3) is 0 Å². The van der Waals surface area contributed by atoms with Crippen LogP contribution in [0.1, 0.15) is 0 Å². The molecule has 0 rings (SSSR count). The molecule has 3 nitrogen and oxygen atoms in total. The van der Waals surface area contributed by atoms with Crippen LogP contribution in [0.3, 0.4) is 0 Å². The largest absolute Gasteiger partial charge is 0.388 e. The number of hydrogen-bond acceptors (Lipinski definition) is 4. The molecule has 0 bridgehead atoms. The van der Waals surface area contributed by atoms with E-state index in [2.05, 4.69) is 0 Å². The number of thiocarbonyl (C=S) groups is 1. The Bertz CT molecular complexity index is 147. The lowest BCUT2D eigenvalue weighted by Crippen LogP contribution is -2.18. The van der Waals surface area contributed by atoms with Crippen LogP contribution in [-0.4, -0.2) is 40.1 Å². The lowest BCUT2D eigenvalue weighted by atomic mass is 10.8. The van der Waals surface area contributed by atoms with Gasteiger partial charge in [-0.1, -0.05) is 12.2 Å². The number of carbonyl (C=O) groups excluding carboxylic acids is 1. The quantitative estimate of drug-likeness (QED) is 0.577. The van der Waals surface area contributed by atoms with Crippen LogP contribution in [0.2, 0.25) is 0 Å². The molecule has 10 heavy (non-hydrogen) atoms. The summed E-state index contributed by atoms with van der Waals surface area (Å²) in [6.07, 6.45) is 0. The van der Waals surface area contributed by atoms with E-state index in [-0.39, 0.29) is 5.12 Å². The Hall–Kier alpha value is -0.130. The van der Waals surface area contributed by atoms with E-state index in [0.29, 0.717) is 4.32 Å². The second-order valence-electron chi connectivity index (χ2n) is 1.79. The highest BCUT2D eigenvalue weighted by Gasteiger charge is 2.06. The SMILES string of the molecule is CN(C)C(=S)SC(=O)CO. The van der Waals surface area contributed by atoms with Gasteiger partial charge in [0.05, 0.1) is 0 Å². The van der Waals surface area contributed by atoms with E-state index in [1.54, 1.807) is 19.0 Å². The van der Waals surface area contributed by atoms with Gasteiger partial charge < -0.3 is 10.0 Å². The molecule has 0 heterocycles. The Kier molecular flexibility index (Phi) is 4.59. The molecule has 1 N–H and O–H groups in total. The van der Waals surface area contributed by atoms with Crippen LogP contribution in [0.5, 0.6) is 0 Å². The molecule has 5 heteroatoms. The first kappa shape index (κ1) is 9.87. The van der Waals surface area contributed by atoms with Crippen molar-refractivity contribution in [2.75, 3.05) is 20.7 Å². The maximum absolute atomic E-state index is 10.5. The Balaban J connectivity index is 3.69. The van der Waals surface area contributed by atoms with Gasteiger partial charge in [-0.05, 0) is 11.8 Å². The Morgan fingerprint density at radius 2 is 2.20 bits per heavy atom. The first-order valence-electron chi connectivity index (χ1n) is 2.60. The minimum atomic E-state index is -0.460. The van der Waals surface area contributed by atoms with Crippen molar-refractivity contribution in [3.63, 3.8) is 0 Å². The van der Waals surface area contributed by atoms with Gasteiger partial charge in [-0.2, -0.15) is 0 Å². The summed E-state index contributed by atoms with van der Waals surface area (Å²) in [4.78, 5) is 12.2. The Morgan fingerprint density at radius 1 is 1.70 bits per heavy atom. The fraction of sp³-hybridized carbons (Fsp3) is 0.600. The van der Waals surface area contributed by atoms with Crippen molar-refractivity contribution in [3.8, 4) is 0 Å². The molecule has 0 aliphatic carbocycles. The molecule has 0 aliphatic rings. The molecule has 0 radical (unpaired) electrons. The standard InChI is InChI=1S/C5H9NO2S2/c1-6(2)5(9)10-4(8)3-7/h7H,3H2,1-2H3. The number of aliphatic hydroxyl groups is 1. The molecule has 0 spiro atoms. The van der Waals surface area contributed by atoms with E-state index in [0.717, 1.165) is 11.8 Å². The minimum Gasteiger partial charge on any atom is -0.388 e. The second kappa shape index (κ2) is 4.65. The number of thioether (sulfide) groups is 1. The summed E-state index contributed by atoms with van der Waals surface area (Å²) >= 11 is 5.65. The normalized spacial score (nSPS) is 9.10. The molecular weight excluding hydrogens is 170 g/mol. The maximum atomic E-state index is 10.5. The van der Waals surface area contributed by atoms with Gasteiger partial charge in [-0.25, -0.2) is 0 Å². The van der Waals surface area contributed by atoms with Crippen LogP contribution >= 0.6 is 24.0 Å². The highest BCUT2D eigenvalue weighted by atomic mass is 32.2. The minimum absolute atomic E-state index is 0.321. The summed E-state index contributed by atoms with van der Waals surface area (Å²) in [7, 11) is 3.50. The van der Waals surface area contributed by atoms with Crippen LogP contribution in [0, 0.1) is 0 Å². The fourth-order valence-electron chi connectivity index (χ4n) is 0.221. The lowest BCUT2D eigenvalue weighted by Gasteiger charge is -2.10. The molecule has 0 unspecified atom stereocenters. The van der Waals surface area contributed by atoms with Crippen molar-refractivity contribution < 1.29 is 9.90 Å². The monoisotopic (exact) mass is 179 g/mol. The smallest absolute Gasteiger partial charge is 0.221 e. The van der Waals surface area contributed by atoms with Gasteiger partial charge in [0.25, 0.3) is 0 Å². The molecule has 0 aromatic carbocycles. The van der Waals surface area contributed by atoms with Crippen molar-refractivity contribution in [2.45, 2.75) is 0 Å². The number of aliphatic hydroxyl groups excluding tert-OH is 1. The fourth-order valence-corrected chi connectivity index (χ4v) is 0.942. The van der Waals surface area contributed by atoms with Gasteiger partial charge in [0.2, 0.25) is 5.12 Å². The number of nitrogens with zero attached hydrogens (tertiary/aromatic N) is 1. The molecule has 0 saturated carbocycles. The van der Waals surface area contributed by atoms with E-state index < -0.39 is 6.61 Å². The van der Waals surface area contributed by atoms with Crippen molar-refractivity contribution in [2.24, 2.45) is 0 Å². The zero-order valence-electron chi connectivity index (χ0n) is 5.83. The van der Waals surface area contributed by atoms with Gasteiger partial charge in [0, 0.05) is 14.1 Å². The second-order valence-corrected chi connectivity index (χ2v) is 3.48. The first-order chi connectivity index (χ1) is 4.57. The van der Waals surface area contributed by atoms with Crippen molar-refractivity contribution in [1.82, 2.24) is 4.90 Å². The molecule has 0 amide bonds. The van der Waals surface area contributed by atoms with E-state index in [4.69, 9.17) is 17.3 Å². The topological polar surface area (TPSA) is 40.5 Å². The first-order valence-corrected chi connectivity index (χ1v) is 3.83. The van der Waals surface area contributed by atoms with E-state index in [9.17, 15) is 4.79 Å². The van der Waals surface area contributed by atoms with E-state index >= 15 is 0 Å². The van der Waals surface area contributed by atoms with Crippen LogP contribution in [0.4, 0.5) is 0 Å². The third-order valence-corrected chi connectivity index (χ3v) is 2.21. The van der Waals surface area contributed by atoms with Crippen LogP contribution in [-0.2, 0) is 4.79 Å². The van der Waals surface area contributed by atoms with Crippen molar-refractivity contribution >= 4 is 33.4 Å². The van der Waals surface area contributed by atoms with Crippen LogP contribution in [0.15, 0.2) is 0 Å². The molecule has 58 valence electrons.